The van der Waals surface area contributed by atoms with Crippen LogP contribution in [-0.4, -0.2) is 41.8 Å². The highest BCUT2D eigenvalue weighted by atomic mass is 16.6. The second kappa shape index (κ2) is 6.77. The molecule has 1 spiro atoms. The zero-order valence-corrected chi connectivity index (χ0v) is 16.6. The van der Waals surface area contributed by atoms with Crippen molar-refractivity contribution >= 4 is 17.7 Å². The van der Waals surface area contributed by atoms with E-state index in [0.29, 0.717) is 38.8 Å². The Kier molecular flexibility index (Phi) is 4.53. The molecule has 1 unspecified atom stereocenters. The van der Waals surface area contributed by atoms with Gasteiger partial charge in [0.25, 0.3) is 0 Å². The Labute approximate surface area is 165 Å². The lowest BCUT2D eigenvalue weighted by atomic mass is 9.61. The number of carbonyl (C=O) groups is 3. The molecule has 1 aromatic rings. The molecule has 2 aliphatic heterocycles. The van der Waals surface area contributed by atoms with E-state index >= 15 is 0 Å². The summed E-state index contributed by atoms with van der Waals surface area (Å²) in [6.45, 7) is 6.63. The molecule has 0 aromatic heterocycles. The lowest BCUT2D eigenvalue weighted by molar-refractivity contribution is -0.138. The van der Waals surface area contributed by atoms with Gasteiger partial charge in [-0.3, -0.25) is 9.59 Å². The molecule has 4 rings (SSSR count). The Morgan fingerprint density at radius 2 is 1.75 bits per heavy atom. The summed E-state index contributed by atoms with van der Waals surface area (Å²) in [5.74, 6) is 5.29. The Morgan fingerprint density at radius 1 is 1.11 bits per heavy atom. The SMILES string of the molecule is CC#Cc1cc(C)c(C2C(=O)CC3(CCN4C(=O)OCC4C3)CC2=O)c(C)c1. The third kappa shape index (κ3) is 3.01. The van der Waals surface area contributed by atoms with Crippen molar-refractivity contribution in [2.75, 3.05) is 13.2 Å². The van der Waals surface area contributed by atoms with Crippen LogP contribution in [0.4, 0.5) is 4.79 Å². The zero-order valence-electron chi connectivity index (χ0n) is 16.6. The molecule has 0 N–H and O–H groups in total. The molecule has 0 bridgehead atoms. The van der Waals surface area contributed by atoms with Crippen molar-refractivity contribution in [3.63, 3.8) is 0 Å². The number of piperidine rings is 1. The summed E-state index contributed by atoms with van der Waals surface area (Å²) in [5.41, 5.74) is 3.33. The summed E-state index contributed by atoms with van der Waals surface area (Å²) >= 11 is 0. The van der Waals surface area contributed by atoms with Crippen molar-refractivity contribution in [3.05, 3.63) is 34.4 Å². The van der Waals surface area contributed by atoms with Crippen molar-refractivity contribution in [1.29, 1.82) is 0 Å². The maximum Gasteiger partial charge on any atom is 0.410 e. The van der Waals surface area contributed by atoms with Gasteiger partial charge in [0.2, 0.25) is 0 Å². The van der Waals surface area contributed by atoms with Gasteiger partial charge in [0, 0.05) is 24.9 Å². The van der Waals surface area contributed by atoms with Crippen LogP contribution in [0.2, 0.25) is 0 Å². The topological polar surface area (TPSA) is 63.7 Å². The molecule has 1 aliphatic carbocycles. The number of benzene rings is 1. The average Bonchev–Trinajstić information content (AvgIpc) is 2.97. The molecule has 2 heterocycles. The third-order valence-electron chi connectivity index (χ3n) is 6.52. The molecule has 1 saturated carbocycles. The summed E-state index contributed by atoms with van der Waals surface area (Å²) in [6.07, 6.45) is 1.89. The third-order valence-corrected chi connectivity index (χ3v) is 6.52. The molecule has 1 atom stereocenters. The predicted molar refractivity (Wildman–Crippen MR) is 104 cm³/mol. The number of carbonyl (C=O) groups excluding carboxylic acids is 3. The molecule has 146 valence electrons. The van der Waals surface area contributed by atoms with Crippen molar-refractivity contribution in [2.45, 2.75) is 58.4 Å². The molecule has 1 aromatic carbocycles. The van der Waals surface area contributed by atoms with Gasteiger partial charge < -0.3 is 9.64 Å². The fourth-order valence-electron chi connectivity index (χ4n) is 5.37. The van der Waals surface area contributed by atoms with E-state index in [4.69, 9.17) is 4.74 Å². The molecule has 28 heavy (non-hydrogen) atoms. The summed E-state index contributed by atoms with van der Waals surface area (Å²) in [5, 5.41) is 0. The van der Waals surface area contributed by atoms with Crippen molar-refractivity contribution in [3.8, 4) is 11.8 Å². The average molecular weight is 379 g/mol. The number of ether oxygens (including phenoxy) is 1. The van der Waals surface area contributed by atoms with Crippen LogP contribution >= 0.6 is 0 Å². The largest absolute Gasteiger partial charge is 0.447 e. The predicted octanol–water partition coefficient (Wildman–Crippen LogP) is 3.29. The van der Waals surface area contributed by atoms with Crippen molar-refractivity contribution < 1.29 is 19.1 Å². The molecule has 5 nitrogen and oxygen atoms in total. The molecule has 5 heteroatoms. The number of hydrogen-bond donors (Lipinski definition) is 0. The van der Waals surface area contributed by atoms with E-state index < -0.39 is 5.92 Å². The minimum atomic E-state index is -0.672. The van der Waals surface area contributed by atoms with Crippen LogP contribution in [0.1, 0.15) is 60.8 Å². The quantitative estimate of drug-likeness (QED) is 0.555. The van der Waals surface area contributed by atoms with Crippen LogP contribution < -0.4 is 0 Å². The van der Waals surface area contributed by atoms with Crippen LogP contribution in [0, 0.1) is 31.1 Å². The van der Waals surface area contributed by atoms with Crippen molar-refractivity contribution in [1.82, 2.24) is 4.90 Å². The number of ketones is 2. The van der Waals surface area contributed by atoms with Gasteiger partial charge in [-0.05, 0) is 67.9 Å². The van der Waals surface area contributed by atoms with E-state index in [2.05, 4.69) is 11.8 Å². The molecular weight excluding hydrogens is 354 g/mol. The van der Waals surface area contributed by atoms with Gasteiger partial charge in [0.1, 0.15) is 24.1 Å². The highest BCUT2D eigenvalue weighted by molar-refractivity contribution is 6.10. The first-order chi connectivity index (χ1) is 13.3. The molecule has 1 amide bonds. The Morgan fingerprint density at radius 3 is 2.36 bits per heavy atom. The maximum atomic E-state index is 13.2. The number of rotatable bonds is 1. The standard InChI is InChI=1S/C23H25NO4/c1-4-5-16-8-14(2)20(15(3)9-16)21-18(25)11-23(12-19(21)26)6-7-24-17(10-23)13-28-22(24)27/h8-9,17,21H,6-7,10-13H2,1-3H3. The lowest BCUT2D eigenvalue weighted by Crippen LogP contribution is -2.50. The first kappa shape index (κ1) is 18.7. The summed E-state index contributed by atoms with van der Waals surface area (Å²) in [6, 6.07) is 3.92. The van der Waals surface area contributed by atoms with E-state index in [9.17, 15) is 14.4 Å². The van der Waals surface area contributed by atoms with Gasteiger partial charge in [0.15, 0.2) is 0 Å². The molecular formula is C23H25NO4. The van der Waals surface area contributed by atoms with E-state index in [-0.39, 0.29) is 29.1 Å². The molecule has 3 aliphatic rings. The Balaban J connectivity index is 1.60. The summed E-state index contributed by atoms with van der Waals surface area (Å²) in [4.78, 5) is 39.9. The highest BCUT2D eigenvalue weighted by Gasteiger charge is 2.51. The molecule has 3 fully saturated rings. The second-order valence-corrected chi connectivity index (χ2v) is 8.50. The molecule has 2 saturated heterocycles. The van der Waals surface area contributed by atoms with E-state index in [1.165, 1.54) is 0 Å². The lowest BCUT2D eigenvalue weighted by Gasteiger charge is -2.45. The van der Waals surface area contributed by atoms with Gasteiger partial charge in [-0.2, -0.15) is 0 Å². The molecule has 0 radical (unpaired) electrons. The summed E-state index contributed by atoms with van der Waals surface area (Å²) in [7, 11) is 0. The Hall–Kier alpha value is -2.61. The number of cyclic esters (lactones) is 1. The number of Topliss-reactive ketones (excluding diaryl/α,β-unsaturated/α-hetero) is 2. The number of fused-ring (bicyclic) bond motifs is 1. The Bertz CT molecular complexity index is 895. The second-order valence-electron chi connectivity index (χ2n) is 8.50. The van der Waals surface area contributed by atoms with Gasteiger partial charge >= 0.3 is 6.09 Å². The van der Waals surface area contributed by atoms with Crippen LogP contribution in [-0.2, 0) is 14.3 Å². The fourth-order valence-corrected chi connectivity index (χ4v) is 5.37. The van der Waals surface area contributed by atoms with Crippen LogP contribution in [0.3, 0.4) is 0 Å². The van der Waals surface area contributed by atoms with Crippen LogP contribution in [0.15, 0.2) is 12.1 Å². The minimum absolute atomic E-state index is 0.00576. The first-order valence-electron chi connectivity index (χ1n) is 9.86. The van der Waals surface area contributed by atoms with Gasteiger partial charge in [-0.15, -0.1) is 5.92 Å². The maximum absolute atomic E-state index is 13.2. The summed E-state index contributed by atoms with van der Waals surface area (Å²) < 4.78 is 5.15. The number of nitrogens with zero attached hydrogens (tertiary/aromatic N) is 1. The van der Waals surface area contributed by atoms with Gasteiger partial charge in [0.05, 0.1) is 6.04 Å². The van der Waals surface area contributed by atoms with Crippen LogP contribution in [0.25, 0.3) is 0 Å². The highest BCUT2D eigenvalue weighted by Crippen LogP contribution is 2.49. The number of hydrogen-bond acceptors (Lipinski definition) is 4. The van der Waals surface area contributed by atoms with E-state index in [0.717, 1.165) is 22.3 Å². The van der Waals surface area contributed by atoms with Gasteiger partial charge in [-0.1, -0.05) is 5.92 Å². The van der Waals surface area contributed by atoms with Crippen molar-refractivity contribution in [2.24, 2.45) is 5.41 Å². The first-order valence-corrected chi connectivity index (χ1v) is 9.86. The van der Waals surface area contributed by atoms with E-state index in [1.807, 2.05) is 26.0 Å². The smallest absolute Gasteiger partial charge is 0.410 e. The van der Waals surface area contributed by atoms with E-state index in [1.54, 1.807) is 11.8 Å². The van der Waals surface area contributed by atoms with Gasteiger partial charge in [-0.25, -0.2) is 4.79 Å². The number of amides is 1. The normalized spacial score (nSPS) is 29.4. The zero-order chi connectivity index (χ0) is 20.1. The minimum Gasteiger partial charge on any atom is -0.447 e. The van der Waals surface area contributed by atoms with Crippen LogP contribution in [0.5, 0.6) is 0 Å². The fraction of sp³-hybridized carbons (Fsp3) is 0.522. The monoisotopic (exact) mass is 379 g/mol. The number of aryl methyl sites for hydroxylation is 2.